The Kier molecular flexibility index (Phi) is 4.48. The van der Waals surface area contributed by atoms with E-state index < -0.39 is 9.71 Å². The van der Waals surface area contributed by atoms with Gasteiger partial charge < -0.3 is 0 Å². The Balaban J connectivity index is 2.48. The molecule has 2 rings (SSSR count). The molecule has 0 heterocycles. The van der Waals surface area contributed by atoms with Crippen LogP contribution in [0.2, 0.25) is 10.0 Å². The third kappa shape index (κ3) is 2.95. The zero-order valence-corrected chi connectivity index (χ0v) is 13.3. The van der Waals surface area contributed by atoms with Crippen molar-refractivity contribution in [1.82, 2.24) is 0 Å². The molecule has 0 aromatic heterocycles. The van der Waals surface area contributed by atoms with Crippen LogP contribution >= 0.6 is 69.6 Å². The summed E-state index contributed by atoms with van der Waals surface area (Å²) in [6.07, 6.45) is 3.35. The molecule has 1 unspecified atom stereocenters. The number of hydrogen-bond donors (Lipinski definition) is 0. The highest BCUT2D eigenvalue weighted by Crippen LogP contribution is 2.43. The van der Waals surface area contributed by atoms with Crippen LogP contribution < -0.4 is 0 Å². The van der Waals surface area contributed by atoms with E-state index in [2.05, 4.69) is 0 Å². The van der Waals surface area contributed by atoms with Crippen LogP contribution in [0.25, 0.3) is 5.57 Å². The van der Waals surface area contributed by atoms with E-state index in [0.717, 1.165) is 11.1 Å². The van der Waals surface area contributed by atoms with Crippen LogP contribution in [0, 0.1) is 0 Å². The zero-order valence-electron chi connectivity index (χ0n) is 8.73. The second-order valence-corrected chi connectivity index (χ2v) is 6.93. The van der Waals surface area contributed by atoms with Crippen molar-refractivity contribution in [2.75, 3.05) is 0 Å². The van der Waals surface area contributed by atoms with Gasteiger partial charge in [0.2, 0.25) is 0 Å². The number of alkyl halides is 3. The predicted molar refractivity (Wildman–Crippen MR) is 82.5 cm³/mol. The molecule has 6 heteroatoms. The first-order chi connectivity index (χ1) is 8.31. The minimum Gasteiger partial charge on any atom is -0.113 e. The maximum Gasteiger partial charge on any atom is 0.158 e. The monoisotopic (exact) mass is 360 g/mol. The Labute approximate surface area is 135 Å². The second kappa shape index (κ2) is 5.44. The van der Waals surface area contributed by atoms with Gasteiger partial charge in [-0.05, 0) is 35.4 Å². The van der Waals surface area contributed by atoms with Crippen molar-refractivity contribution in [3.05, 3.63) is 51.0 Å². The van der Waals surface area contributed by atoms with E-state index in [-0.39, 0.29) is 0 Å². The Morgan fingerprint density at radius 1 is 1.00 bits per heavy atom. The molecule has 1 atom stereocenters. The van der Waals surface area contributed by atoms with E-state index in [9.17, 15) is 0 Å². The molecular weight excluding hydrogens is 357 g/mol. The summed E-state index contributed by atoms with van der Waals surface area (Å²) >= 11 is 36.1. The molecule has 1 aromatic rings. The van der Waals surface area contributed by atoms with E-state index >= 15 is 0 Å². The van der Waals surface area contributed by atoms with Crippen LogP contribution in [-0.2, 0) is 0 Å². The number of hydrogen-bond acceptors (Lipinski definition) is 0. The molecule has 0 radical (unpaired) electrons. The standard InChI is InChI=1S/C12H6Cl6/c13-8-2-1-6(3-9(8)14)7-4-10(15)11(16)12(17,18)5-7/h1-5,11H. The van der Waals surface area contributed by atoms with Crippen LogP contribution in [0.3, 0.4) is 0 Å². The SMILES string of the molecule is ClC1=CC(c2ccc(Cl)c(Cl)c2)=CC(Cl)(Cl)C1Cl. The number of benzene rings is 1. The molecule has 0 amide bonds. The topological polar surface area (TPSA) is 0 Å². The summed E-state index contributed by atoms with van der Waals surface area (Å²) in [6.45, 7) is 0. The molecule has 0 saturated heterocycles. The summed E-state index contributed by atoms with van der Waals surface area (Å²) in [7, 11) is 0. The lowest BCUT2D eigenvalue weighted by Crippen LogP contribution is -2.27. The Morgan fingerprint density at radius 3 is 2.22 bits per heavy atom. The molecule has 0 saturated carbocycles. The summed E-state index contributed by atoms with van der Waals surface area (Å²) < 4.78 is -1.26. The fourth-order valence-electron chi connectivity index (χ4n) is 1.57. The van der Waals surface area contributed by atoms with Gasteiger partial charge in [0.1, 0.15) is 5.38 Å². The molecule has 1 aliphatic carbocycles. The van der Waals surface area contributed by atoms with Crippen molar-refractivity contribution in [3.63, 3.8) is 0 Å². The maximum absolute atomic E-state index is 6.11. The molecule has 0 nitrogen and oxygen atoms in total. The van der Waals surface area contributed by atoms with Gasteiger partial charge in [0.05, 0.1) is 10.0 Å². The molecule has 96 valence electrons. The van der Waals surface area contributed by atoms with Gasteiger partial charge in [-0.25, -0.2) is 0 Å². The molecule has 1 aliphatic rings. The Bertz CT molecular complexity index is 543. The molecule has 0 aliphatic heterocycles. The number of allylic oxidation sites excluding steroid dienone is 4. The van der Waals surface area contributed by atoms with Gasteiger partial charge >= 0.3 is 0 Å². The lowest BCUT2D eigenvalue weighted by molar-refractivity contribution is 0.958. The molecule has 0 N–H and O–H groups in total. The Hall–Kier alpha value is 0.440. The molecule has 18 heavy (non-hydrogen) atoms. The molecular formula is C12H6Cl6. The van der Waals surface area contributed by atoms with E-state index in [1.54, 1.807) is 30.4 Å². The van der Waals surface area contributed by atoms with E-state index in [1.165, 1.54) is 0 Å². The van der Waals surface area contributed by atoms with E-state index in [4.69, 9.17) is 69.6 Å². The molecule has 0 fully saturated rings. The highest BCUT2D eigenvalue weighted by Gasteiger charge is 2.36. The Morgan fingerprint density at radius 2 is 1.67 bits per heavy atom. The zero-order chi connectivity index (χ0) is 13.5. The minimum atomic E-state index is -1.26. The van der Waals surface area contributed by atoms with Gasteiger partial charge in [0, 0.05) is 5.03 Å². The second-order valence-electron chi connectivity index (χ2n) is 3.79. The van der Waals surface area contributed by atoms with Gasteiger partial charge in [-0.1, -0.05) is 64.1 Å². The van der Waals surface area contributed by atoms with Gasteiger partial charge in [-0.15, -0.1) is 11.6 Å². The predicted octanol–water partition coefficient (Wildman–Crippen LogP) is 6.29. The molecule has 1 aromatic carbocycles. The first-order valence-corrected chi connectivity index (χ1v) is 7.21. The molecule has 0 spiro atoms. The van der Waals surface area contributed by atoms with Crippen molar-refractivity contribution in [3.8, 4) is 0 Å². The van der Waals surface area contributed by atoms with Crippen LogP contribution in [0.1, 0.15) is 5.56 Å². The van der Waals surface area contributed by atoms with Crippen LogP contribution in [0.5, 0.6) is 0 Å². The van der Waals surface area contributed by atoms with Crippen molar-refractivity contribution in [2.45, 2.75) is 9.71 Å². The van der Waals surface area contributed by atoms with Crippen LogP contribution in [0.4, 0.5) is 0 Å². The third-order valence-corrected chi connectivity index (χ3v) is 5.11. The average molecular weight is 363 g/mol. The van der Waals surface area contributed by atoms with Crippen molar-refractivity contribution in [1.29, 1.82) is 0 Å². The largest absolute Gasteiger partial charge is 0.158 e. The maximum atomic E-state index is 6.11. The summed E-state index contributed by atoms with van der Waals surface area (Å²) in [6, 6.07) is 5.21. The average Bonchev–Trinajstić information content (AvgIpc) is 2.29. The minimum absolute atomic E-state index is 0.380. The summed E-state index contributed by atoms with van der Waals surface area (Å²) in [5.74, 6) is 0. The lowest BCUT2D eigenvalue weighted by Gasteiger charge is -2.26. The number of halogens is 6. The fraction of sp³-hybridized carbons (Fsp3) is 0.167. The summed E-state index contributed by atoms with van der Waals surface area (Å²) in [5.41, 5.74) is 1.57. The van der Waals surface area contributed by atoms with Crippen molar-refractivity contribution < 1.29 is 0 Å². The van der Waals surface area contributed by atoms with Crippen LogP contribution in [-0.4, -0.2) is 9.71 Å². The van der Waals surface area contributed by atoms with Crippen molar-refractivity contribution in [2.24, 2.45) is 0 Å². The van der Waals surface area contributed by atoms with Crippen LogP contribution in [0.15, 0.2) is 35.4 Å². The fourth-order valence-corrected chi connectivity index (χ4v) is 2.87. The third-order valence-electron chi connectivity index (χ3n) is 2.47. The van der Waals surface area contributed by atoms with Gasteiger partial charge in [-0.3, -0.25) is 0 Å². The van der Waals surface area contributed by atoms with Gasteiger partial charge in [0.25, 0.3) is 0 Å². The smallest absolute Gasteiger partial charge is 0.113 e. The quantitative estimate of drug-likeness (QED) is 0.514. The first kappa shape index (κ1) is 14.8. The van der Waals surface area contributed by atoms with E-state index in [0.29, 0.717) is 15.1 Å². The van der Waals surface area contributed by atoms with E-state index in [1.807, 2.05) is 0 Å². The summed E-state index contributed by atoms with van der Waals surface area (Å²) in [5, 5.41) is 0.631. The molecule has 0 bridgehead atoms. The summed E-state index contributed by atoms with van der Waals surface area (Å²) in [4.78, 5) is 0. The lowest BCUT2D eigenvalue weighted by atomic mass is 9.99. The number of rotatable bonds is 1. The van der Waals surface area contributed by atoms with Crippen molar-refractivity contribution >= 4 is 75.2 Å². The first-order valence-electron chi connectivity index (χ1n) is 4.88. The van der Waals surface area contributed by atoms with Gasteiger partial charge in [-0.2, -0.15) is 0 Å². The highest BCUT2D eigenvalue weighted by molar-refractivity contribution is 6.56. The van der Waals surface area contributed by atoms with Gasteiger partial charge in [0.15, 0.2) is 4.33 Å². The highest BCUT2D eigenvalue weighted by atomic mass is 35.5. The normalized spacial score (nSPS) is 22.4.